The lowest BCUT2D eigenvalue weighted by molar-refractivity contribution is -0.116. The molecule has 136 valence electrons. The van der Waals surface area contributed by atoms with E-state index in [1.807, 2.05) is 60.7 Å². The second kappa shape index (κ2) is 6.86. The molecule has 3 heterocycles. The van der Waals surface area contributed by atoms with Crippen LogP contribution in [0.2, 0.25) is 0 Å². The van der Waals surface area contributed by atoms with Gasteiger partial charge in [0.2, 0.25) is 11.0 Å². The molecule has 0 fully saturated rings. The number of amides is 1. The van der Waals surface area contributed by atoms with Gasteiger partial charge in [-0.05, 0) is 24.3 Å². The van der Waals surface area contributed by atoms with E-state index in [0.29, 0.717) is 21.6 Å². The van der Waals surface area contributed by atoms with Gasteiger partial charge in [-0.1, -0.05) is 47.7 Å². The summed E-state index contributed by atoms with van der Waals surface area (Å²) in [5, 5.41) is 12.3. The van der Waals surface area contributed by atoms with Crippen LogP contribution in [-0.4, -0.2) is 21.1 Å². The lowest BCUT2D eigenvalue weighted by Crippen LogP contribution is -2.25. The van der Waals surface area contributed by atoms with E-state index in [1.165, 1.54) is 11.3 Å². The quantitative estimate of drug-likeness (QED) is 0.562. The van der Waals surface area contributed by atoms with Crippen LogP contribution in [0.3, 0.4) is 0 Å². The summed E-state index contributed by atoms with van der Waals surface area (Å²) in [6.45, 7) is 0. The lowest BCUT2D eigenvalue weighted by atomic mass is 9.87. The van der Waals surface area contributed by atoms with Gasteiger partial charge in [0.25, 0.3) is 0 Å². The van der Waals surface area contributed by atoms with Crippen LogP contribution < -0.4 is 10.1 Å². The molecule has 5 rings (SSSR count). The number of para-hydroxylation sites is 2. The Kier molecular flexibility index (Phi) is 4.06. The molecule has 1 amide bonds. The molecule has 6 nitrogen and oxygen atoms in total. The van der Waals surface area contributed by atoms with Gasteiger partial charge in [0, 0.05) is 29.1 Å². The molecule has 7 heteroatoms. The van der Waals surface area contributed by atoms with E-state index < -0.39 is 5.92 Å². The van der Waals surface area contributed by atoms with Gasteiger partial charge in [-0.2, -0.15) is 0 Å². The third-order valence-corrected chi connectivity index (χ3v) is 5.39. The number of carbonyl (C=O) groups excluding carboxylic acids is 1. The minimum absolute atomic E-state index is 0.169. The van der Waals surface area contributed by atoms with E-state index in [0.717, 1.165) is 16.7 Å². The fourth-order valence-corrected chi connectivity index (χ4v) is 3.99. The topological polar surface area (TPSA) is 77.0 Å². The molecule has 1 aliphatic heterocycles. The summed E-state index contributed by atoms with van der Waals surface area (Å²) in [5.74, 6) is 0.730. The number of aromatic nitrogens is 3. The predicted octanol–water partition coefficient (Wildman–Crippen LogP) is 4.48. The third kappa shape index (κ3) is 2.91. The summed E-state index contributed by atoms with van der Waals surface area (Å²) < 4.78 is 5.96. The van der Waals surface area contributed by atoms with Gasteiger partial charge in [0.05, 0.1) is 5.92 Å². The van der Waals surface area contributed by atoms with Gasteiger partial charge in [-0.25, -0.2) is 0 Å². The Balaban J connectivity index is 1.47. The van der Waals surface area contributed by atoms with Crippen LogP contribution in [0.4, 0.5) is 5.13 Å². The van der Waals surface area contributed by atoms with Crippen LogP contribution in [-0.2, 0) is 4.79 Å². The molecular weight excluding hydrogens is 372 g/mol. The van der Waals surface area contributed by atoms with Crippen molar-refractivity contribution in [2.24, 2.45) is 0 Å². The zero-order valence-electron chi connectivity index (χ0n) is 14.6. The van der Waals surface area contributed by atoms with Crippen LogP contribution in [0.25, 0.3) is 10.6 Å². The summed E-state index contributed by atoms with van der Waals surface area (Å²) in [5.41, 5.74) is 2.52. The molecule has 0 unspecified atom stereocenters. The van der Waals surface area contributed by atoms with Crippen LogP contribution in [0.1, 0.15) is 17.0 Å². The molecule has 0 bridgehead atoms. The SMILES string of the molecule is O=C(Nc1nnc(-c2cccnc2)s1)C1c2ccccc2Oc2ccccc21. The number of nitrogens with one attached hydrogen (secondary N) is 1. The monoisotopic (exact) mass is 386 g/mol. The first-order chi connectivity index (χ1) is 13.8. The first-order valence-corrected chi connectivity index (χ1v) is 9.52. The van der Waals surface area contributed by atoms with Crippen molar-refractivity contribution >= 4 is 22.4 Å². The molecule has 28 heavy (non-hydrogen) atoms. The largest absolute Gasteiger partial charge is 0.457 e. The Bertz CT molecular complexity index is 1110. The maximum Gasteiger partial charge on any atom is 0.238 e. The molecule has 0 saturated carbocycles. The normalized spacial score (nSPS) is 12.6. The van der Waals surface area contributed by atoms with Gasteiger partial charge in [0.1, 0.15) is 11.5 Å². The van der Waals surface area contributed by atoms with E-state index in [1.54, 1.807) is 12.4 Å². The van der Waals surface area contributed by atoms with Crippen molar-refractivity contribution < 1.29 is 9.53 Å². The van der Waals surface area contributed by atoms with Crippen molar-refractivity contribution in [3.05, 3.63) is 84.2 Å². The Morgan fingerprint density at radius 3 is 2.32 bits per heavy atom. The summed E-state index contributed by atoms with van der Waals surface area (Å²) in [6.07, 6.45) is 3.42. The number of anilines is 1. The van der Waals surface area contributed by atoms with E-state index in [-0.39, 0.29) is 5.91 Å². The van der Waals surface area contributed by atoms with E-state index >= 15 is 0 Å². The van der Waals surface area contributed by atoms with Gasteiger partial charge in [-0.3, -0.25) is 15.1 Å². The predicted molar refractivity (Wildman–Crippen MR) is 107 cm³/mol. The van der Waals surface area contributed by atoms with Crippen LogP contribution in [0.15, 0.2) is 73.1 Å². The van der Waals surface area contributed by atoms with E-state index in [4.69, 9.17) is 4.74 Å². The van der Waals surface area contributed by atoms with E-state index in [9.17, 15) is 4.79 Å². The molecule has 2 aromatic heterocycles. The Morgan fingerprint density at radius 2 is 1.64 bits per heavy atom. The minimum atomic E-state index is -0.480. The highest BCUT2D eigenvalue weighted by Crippen LogP contribution is 2.44. The number of fused-ring (bicyclic) bond motifs is 2. The average molecular weight is 386 g/mol. The molecule has 0 radical (unpaired) electrons. The Hall–Kier alpha value is -3.58. The first-order valence-electron chi connectivity index (χ1n) is 8.70. The number of rotatable bonds is 3. The average Bonchev–Trinajstić information content (AvgIpc) is 3.21. The van der Waals surface area contributed by atoms with Gasteiger partial charge >= 0.3 is 0 Å². The van der Waals surface area contributed by atoms with E-state index in [2.05, 4.69) is 20.5 Å². The number of pyridine rings is 1. The molecule has 1 N–H and O–H groups in total. The number of hydrogen-bond acceptors (Lipinski definition) is 6. The zero-order chi connectivity index (χ0) is 18.9. The third-order valence-electron chi connectivity index (χ3n) is 4.51. The number of hydrogen-bond donors (Lipinski definition) is 1. The smallest absolute Gasteiger partial charge is 0.238 e. The lowest BCUT2D eigenvalue weighted by Gasteiger charge is -2.27. The molecule has 2 aromatic carbocycles. The standard InChI is InChI=1S/C21H14N4O2S/c26-19(23-21-25-24-20(28-21)13-6-5-11-22-12-13)18-14-7-1-3-9-16(14)27-17-10-4-2-8-15(17)18/h1-12,18H,(H,23,25,26). The molecule has 1 aliphatic rings. The van der Waals surface area contributed by atoms with Crippen molar-refractivity contribution in [3.63, 3.8) is 0 Å². The van der Waals surface area contributed by atoms with Crippen molar-refractivity contribution in [1.82, 2.24) is 15.2 Å². The van der Waals surface area contributed by atoms with Gasteiger partial charge in [-0.15, -0.1) is 10.2 Å². The summed E-state index contributed by atoms with van der Waals surface area (Å²) in [4.78, 5) is 17.3. The van der Waals surface area contributed by atoms with Crippen molar-refractivity contribution in [3.8, 4) is 22.1 Å². The number of nitrogens with zero attached hydrogens (tertiary/aromatic N) is 3. The number of ether oxygens (including phenoxy) is 1. The summed E-state index contributed by atoms with van der Waals surface area (Å²) in [7, 11) is 0. The molecule has 0 atom stereocenters. The molecular formula is C21H14N4O2S. The van der Waals surface area contributed by atoms with Crippen molar-refractivity contribution in [2.75, 3.05) is 5.32 Å². The summed E-state index contributed by atoms with van der Waals surface area (Å²) in [6, 6.07) is 18.9. The Morgan fingerprint density at radius 1 is 0.929 bits per heavy atom. The number of carbonyl (C=O) groups is 1. The number of benzene rings is 2. The maximum atomic E-state index is 13.2. The van der Waals surface area contributed by atoms with Gasteiger partial charge < -0.3 is 4.74 Å². The first kappa shape index (κ1) is 16.6. The van der Waals surface area contributed by atoms with Crippen molar-refractivity contribution in [2.45, 2.75) is 5.92 Å². The van der Waals surface area contributed by atoms with Crippen LogP contribution >= 0.6 is 11.3 Å². The zero-order valence-corrected chi connectivity index (χ0v) is 15.4. The molecule has 4 aromatic rings. The fraction of sp³-hybridized carbons (Fsp3) is 0.0476. The maximum absolute atomic E-state index is 13.2. The van der Waals surface area contributed by atoms with Crippen molar-refractivity contribution in [1.29, 1.82) is 0 Å². The van der Waals surface area contributed by atoms with Gasteiger partial charge in [0.15, 0.2) is 5.01 Å². The second-order valence-electron chi connectivity index (χ2n) is 6.25. The summed E-state index contributed by atoms with van der Waals surface area (Å²) >= 11 is 1.32. The van der Waals surface area contributed by atoms with Crippen LogP contribution in [0.5, 0.6) is 11.5 Å². The highest BCUT2D eigenvalue weighted by Gasteiger charge is 2.32. The fourth-order valence-electron chi connectivity index (χ4n) is 3.25. The van der Waals surface area contributed by atoms with Crippen LogP contribution in [0, 0.1) is 0 Å². The highest BCUT2D eigenvalue weighted by molar-refractivity contribution is 7.18. The Labute approximate surface area is 164 Å². The molecule has 0 aliphatic carbocycles. The second-order valence-corrected chi connectivity index (χ2v) is 7.23. The molecule has 0 spiro atoms. The highest BCUT2D eigenvalue weighted by atomic mass is 32.1. The minimum Gasteiger partial charge on any atom is -0.457 e. The molecule has 0 saturated heterocycles.